The fourth-order valence-corrected chi connectivity index (χ4v) is 3.33. The summed E-state index contributed by atoms with van der Waals surface area (Å²) in [5, 5.41) is 2.52. The highest BCUT2D eigenvalue weighted by molar-refractivity contribution is 5.81. The summed E-state index contributed by atoms with van der Waals surface area (Å²) >= 11 is 0. The Labute approximate surface area is 179 Å². The predicted octanol–water partition coefficient (Wildman–Crippen LogP) is 3.22. The van der Waals surface area contributed by atoms with Gasteiger partial charge in [-0.1, -0.05) is 20.3 Å². The van der Waals surface area contributed by atoms with Crippen molar-refractivity contribution in [3.8, 4) is 0 Å². The van der Waals surface area contributed by atoms with E-state index in [0.717, 1.165) is 25.7 Å². The zero-order valence-corrected chi connectivity index (χ0v) is 19.1. The van der Waals surface area contributed by atoms with Crippen LogP contribution < -0.4 is 5.32 Å². The molecule has 0 unspecified atom stereocenters. The van der Waals surface area contributed by atoms with Gasteiger partial charge >= 0.3 is 18.0 Å². The molecule has 0 spiro atoms. The molecule has 1 saturated carbocycles. The molecule has 1 amide bonds. The van der Waals surface area contributed by atoms with E-state index in [0.29, 0.717) is 5.92 Å². The average molecular weight is 428 g/mol. The first-order valence-electron chi connectivity index (χ1n) is 10.9. The van der Waals surface area contributed by atoms with Gasteiger partial charge in [0.2, 0.25) is 0 Å². The number of esters is 2. The Balaban J connectivity index is 2.09. The number of cyclic esters (lactones) is 1. The molecular formula is C22H37NO7. The fraction of sp³-hybridized carbons (Fsp3) is 0.864. The van der Waals surface area contributed by atoms with Crippen LogP contribution in [0.1, 0.15) is 67.2 Å². The topological polar surface area (TPSA) is 100 Å². The van der Waals surface area contributed by atoms with E-state index in [4.69, 9.17) is 18.9 Å². The first kappa shape index (κ1) is 24.4. The predicted molar refractivity (Wildman–Crippen MR) is 110 cm³/mol. The first-order chi connectivity index (χ1) is 14.0. The van der Waals surface area contributed by atoms with Gasteiger partial charge in [-0.15, -0.1) is 0 Å². The number of ether oxygens (including phenoxy) is 4. The van der Waals surface area contributed by atoms with Crippen molar-refractivity contribution >= 4 is 18.0 Å². The quantitative estimate of drug-likeness (QED) is 0.513. The van der Waals surface area contributed by atoms with E-state index in [1.54, 1.807) is 27.7 Å². The molecule has 0 aromatic heterocycles. The first-order valence-corrected chi connectivity index (χ1v) is 10.9. The van der Waals surface area contributed by atoms with Gasteiger partial charge in [0.05, 0.1) is 19.1 Å². The lowest BCUT2D eigenvalue weighted by molar-refractivity contribution is -0.163. The van der Waals surface area contributed by atoms with Gasteiger partial charge in [-0.3, -0.25) is 4.79 Å². The normalized spacial score (nSPS) is 28.0. The Hall–Kier alpha value is -1.83. The Bertz CT molecular complexity index is 609. The number of nitrogens with one attached hydrogen (secondary N) is 1. The summed E-state index contributed by atoms with van der Waals surface area (Å²) in [7, 11) is 0. The van der Waals surface area contributed by atoms with Crippen LogP contribution in [0.4, 0.5) is 4.79 Å². The summed E-state index contributed by atoms with van der Waals surface area (Å²) in [4.78, 5) is 37.1. The Morgan fingerprint density at radius 3 is 2.43 bits per heavy atom. The summed E-state index contributed by atoms with van der Waals surface area (Å²) in [6.45, 7) is 11.3. The Kier molecular flexibility index (Phi) is 8.52. The van der Waals surface area contributed by atoms with Gasteiger partial charge in [-0.2, -0.15) is 0 Å². The van der Waals surface area contributed by atoms with Gasteiger partial charge in [-0.05, 0) is 52.9 Å². The minimum absolute atomic E-state index is 0.0252. The minimum atomic E-state index is -0.995. The largest absolute Gasteiger partial charge is 0.461 e. The zero-order valence-electron chi connectivity index (χ0n) is 19.1. The molecule has 0 bridgehead atoms. The molecule has 30 heavy (non-hydrogen) atoms. The second kappa shape index (κ2) is 10.5. The van der Waals surface area contributed by atoms with E-state index in [2.05, 4.69) is 19.2 Å². The lowest BCUT2D eigenvalue weighted by Gasteiger charge is -2.31. The molecule has 1 saturated heterocycles. The molecule has 2 aliphatic rings. The molecule has 172 valence electrons. The van der Waals surface area contributed by atoms with Crippen molar-refractivity contribution in [3.63, 3.8) is 0 Å². The van der Waals surface area contributed by atoms with Crippen LogP contribution in [0.15, 0.2) is 0 Å². The molecule has 4 atom stereocenters. The van der Waals surface area contributed by atoms with Crippen molar-refractivity contribution in [2.75, 3.05) is 13.2 Å². The monoisotopic (exact) mass is 427 g/mol. The van der Waals surface area contributed by atoms with Crippen LogP contribution >= 0.6 is 0 Å². The Morgan fingerprint density at radius 1 is 1.20 bits per heavy atom. The lowest BCUT2D eigenvalue weighted by Crippen LogP contribution is -2.47. The third-order valence-corrected chi connectivity index (χ3v) is 5.18. The van der Waals surface area contributed by atoms with Crippen molar-refractivity contribution in [3.05, 3.63) is 0 Å². The third-order valence-electron chi connectivity index (χ3n) is 5.18. The minimum Gasteiger partial charge on any atom is -0.461 e. The molecule has 0 radical (unpaired) electrons. The summed E-state index contributed by atoms with van der Waals surface area (Å²) in [6, 6.07) is -0.995. The zero-order chi connectivity index (χ0) is 22.5. The molecule has 0 aromatic carbocycles. The van der Waals surface area contributed by atoms with Gasteiger partial charge in [0.15, 0.2) is 6.04 Å². The highest BCUT2D eigenvalue weighted by atomic mass is 16.6. The summed E-state index contributed by atoms with van der Waals surface area (Å²) in [5.74, 6) is -0.540. The summed E-state index contributed by atoms with van der Waals surface area (Å²) < 4.78 is 22.4. The third kappa shape index (κ3) is 8.13. The van der Waals surface area contributed by atoms with Gasteiger partial charge in [-0.25, -0.2) is 9.59 Å². The number of carbonyl (C=O) groups excluding carboxylic acids is 3. The second-order valence-corrected chi connectivity index (χ2v) is 9.76. The summed E-state index contributed by atoms with van der Waals surface area (Å²) in [5.41, 5.74) is -0.690. The van der Waals surface area contributed by atoms with E-state index < -0.39 is 35.9 Å². The smallest absolute Gasteiger partial charge is 0.408 e. The maximum atomic E-state index is 12.7. The second-order valence-electron chi connectivity index (χ2n) is 9.76. The number of hydrogen-bond donors (Lipinski definition) is 1. The number of hydrogen-bond acceptors (Lipinski definition) is 7. The standard InChI is InChI=1S/C22H37NO7/c1-13(2)7-10-16-14(3)28-20(25)17(23-21(26)30-22(4,5)6)11-27-12-18(16)29-19(24)15-8-9-15/h13-18H,7-12H2,1-6H3,(H,23,26)/t14-,16+,17-,18-/m0/s1. The molecule has 1 heterocycles. The highest BCUT2D eigenvalue weighted by Crippen LogP contribution is 2.33. The SMILES string of the molecule is CC(C)CC[C@@H]1[C@H](C)OC(=O)[C@@H](NC(=O)OC(C)(C)C)COC[C@@H]1OC(=O)C1CC1. The molecular weight excluding hydrogens is 390 g/mol. The van der Waals surface area contributed by atoms with Gasteiger partial charge in [0.25, 0.3) is 0 Å². The van der Waals surface area contributed by atoms with Crippen molar-refractivity contribution in [2.45, 2.75) is 91.1 Å². The van der Waals surface area contributed by atoms with Crippen LogP contribution in [-0.4, -0.2) is 55.1 Å². The van der Waals surface area contributed by atoms with E-state index in [9.17, 15) is 14.4 Å². The van der Waals surface area contributed by atoms with Crippen LogP contribution in [0.25, 0.3) is 0 Å². The van der Waals surface area contributed by atoms with Crippen molar-refractivity contribution in [2.24, 2.45) is 17.8 Å². The molecule has 1 N–H and O–H groups in total. The molecule has 0 aromatic rings. The average Bonchev–Trinajstić information content (AvgIpc) is 3.42. The van der Waals surface area contributed by atoms with Gasteiger partial charge < -0.3 is 24.3 Å². The Morgan fingerprint density at radius 2 is 1.87 bits per heavy atom. The van der Waals surface area contributed by atoms with E-state index in [1.807, 2.05) is 0 Å². The van der Waals surface area contributed by atoms with Gasteiger partial charge in [0, 0.05) is 5.92 Å². The highest BCUT2D eigenvalue weighted by Gasteiger charge is 2.39. The lowest BCUT2D eigenvalue weighted by atomic mass is 9.89. The number of alkyl carbamates (subject to hydrolysis) is 1. The number of rotatable bonds is 6. The van der Waals surface area contributed by atoms with Crippen molar-refractivity contribution in [1.29, 1.82) is 0 Å². The maximum absolute atomic E-state index is 12.7. The molecule has 1 aliphatic heterocycles. The van der Waals surface area contributed by atoms with E-state index in [-0.39, 0.29) is 31.0 Å². The van der Waals surface area contributed by atoms with E-state index >= 15 is 0 Å². The van der Waals surface area contributed by atoms with Crippen molar-refractivity contribution < 1.29 is 33.3 Å². The molecule has 8 heteroatoms. The van der Waals surface area contributed by atoms with E-state index in [1.165, 1.54) is 0 Å². The molecule has 1 aliphatic carbocycles. The van der Waals surface area contributed by atoms with Crippen LogP contribution in [0, 0.1) is 17.8 Å². The fourth-order valence-electron chi connectivity index (χ4n) is 3.33. The van der Waals surface area contributed by atoms with Gasteiger partial charge in [0.1, 0.15) is 17.8 Å². The molecule has 8 nitrogen and oxygen atoms in total. The van der Waals surface area contributed by atoms with Crippen LogP contribution in [0.5, 0.6) is 0 Å². The number of carbonyl (C=O) groups is 3. The van der Waals surface area contributed by atoms with Crippen LogP contribution in [0.2, 0.25) is 0 Å². The maximum Gasteiger partial charge on any atom is 0.408 e. The van der Waals surface area contributed by atoms with Crippen LogP contribution in [0.3, 0.4) is 0 Å². The van der Waals surface area contributed by atoms with Crippen LogP contribution in [-0.2, 0) is 28.5 Å². The van der Waals surface area contributed by atoms with Crippen molar-refractivity contribution in [1.82, 2.24) is 5.32 Å². The number of amides is 1. The summed E-state index contributed by atoms with van der Waals surface area (Å²) in [6.07, 6.45) is 1.66. The molecule has 2 fully saturated rings. The molecule has 2 rings (SSSR count).